The molecule has 1 fully saturated rings. The lowest BCUT2D eigenvalue weighted by Crippen LogP contribution is -2.44. The van der Waals surface area contributed by atoms with E-state index in [1.807, 2.05) is 0 Å². The van der Waals surface area contributed by atoms with Crippen molar-refractivity contribution in [2.45, 2.75) is 37.5 Å². The monoisotopic (exact) mass is 241 g/mol. The highest BCUT2D eigenvalue weighted by Gasteiger charge is 2.31. The summed E-state index contributed by atoms with van der Waals surface area (Å²) in [5, 5.41) is 9.39. The van der Waals surface area contributed by atoms with E-state index in [-0.39, 0.29) is 24.1 Å². The smallest absolute Gasteiger partial charge is 0.247 e. The van der Waals surface area contributed by atoms with Gasteiger partial charge in [0, 0.05) is 25.7 Å². The first-order valence-corrected chi connectivity index (χ1v) is 5.99. The highest BCUT2D eigenvalue weighted by Crippen LogP contribution is 2.16. The molecule has 1 amide bonds. The normalized spacial score (nSPS) is 29.9. The van der Waals surface area contributed by atoms with Crippen molar-refractivity contribution in [1.29, 1.82) is 0 Å². The molecule has 0 radical (unpaired) electrons. The number of nitrogens with one attached hydrogen (secondary N) is 1. The quantitative estimate of drug-likeness (QED) is 0.643. The number of carbonyl (C=O) groups excluding carboxylic acids is 1. The lowest BCUT2D eigenvalue weighted by atomic mass is 10.1. The third kappa shape index (κ3) is 3.02. The Kier molecular flexibility index (Phi) is 4.09. The standard InChI is InChI=1S/C11H19N3O3/c1-17-13-8-6-10(12-7-8)11(16)14-4-2-9(15)3-5-14/h7-10,13,15H,2-6H2,1H3. The molecule has 6 nitrogen and oxygen atoms in total. The molecular weight excluding hydrogens is 222 g/mol. The molecule has 0 aromatic rings. The van der Waals surface area contributed by atoms with Crippen LogP contribution >= 0.6 is 0 Å². The summed E-state index contributed by atoms with van der Waals surface area (Å²) >= 11 is 0. The van der Waals surface area contributed by atoms with Crippen LogP contribution in [-0.4, -0.2) is 60.5 Å². The molecule has 2 aliphatic heterocycles. The van der Waals surface area contributed by atoms with Crippen LogP contribution in [0.25, 0.3) is 0 Å². The third-order valence-electron chi connectivity index (χ3n) is 3.25. The van der Waals surface area contributed by atoms with Crippen molar-refractivity contribution in [3.05, 3.63) is 0 Å². The molecule has 0 aromatic heterocycles. The van der Waals surface area contributed by atoms with Crippen LogP contribution in [0, 0.1) is 0 Å². The van der Waals surface area contributed by atoms with Gasteiger partial charge in [0.15, 0.2) is 0 Å². The summed E-state index contributed by atoms with van der Waals surface area (Å²) in [7, 11) is 1.55. The number of nitrogens with zero attached hydrogens (tertiary/aromatic N) is 2. The molecule has 0 saturated carbocycles. The summed E-state index contributed by atoms with van der Waals surface area (Å²) < 4.78 is 0. The predicted octanol–water partition coefficient (Wildman–Crippen LogP) is -0.668. The van der Waals surface area contributed by atoms with Crippen molar-refractivity contribution in [1.82, 2.24) is 10.4 Å². The fourth-order valence-electron chi connectivity index (χ4n) is 2.26. The zero-order valence-corrected chi connectivity index (χ0v) is 10.0. The molecule has 2 heterocycles. The van der Waals surface area contributed by atoms with Crippen LogP contribution in [0.4, 0.5) is 0 Å². The van der Waals surface area contributed by atoms with Gasteiger partial charge in [-0.1, -0.05) is 0 Å². The Morgan fingerprint density at radius 3 is 2.88 bits per heavy atom. The molecule has 0 aromatic carbocycles. The maximum absolute atomic E-state index is 12.1. The first-order valence-electron chi connectivity index (χ1n) is 5.99. The molecule has 17 heavy (non-hydrogen) atoms. The van der Waals surface area contributed by atoms with E-state index in [0.717, 1.165) is 0 Å². The van der Waals surface area contributed by atoms with Gasteiger partial charge >= 0.3 is 0 Å². The van der Waals surface area contributed by atoms with E-state index in [0.29, 0.717) is 32.4 Å². The molecular formula is C11H19N3O3. The number of hydrogen-bond donors (Lipinski definition) is 2. The highest BCUT2D eigenvalue weighted by atomic mass is 16.6. The molecule has 2 N–H and O–H groups in total. The van der Waals surface area contributed by atoms with E-state index >= 15 is 0 Å². The Morgan fingerprint density at radius 2 is 2.24 bits per heavy atom. The summed E-state index contributed by atoms with van der Waals surface area (Å²) in [5.74, 6) is 0.0635. The van der Waals surface area contributed by atoms with Crippen LogP contribution in [0.2, 0.25) is 0 Å². The highest BCUT2D eigenvalue weighted by molar-refractivity contribution is 5.86. The van der Waals surface area contributed by atoms with Crippen LogP contribution in [0.5, 0.6) is 0 Å². The maximum Gasteiger partial charge on any atom is 0.247 e. The van der Waals surface area contributed by atoms with Gasteiger partial charge in [-0.05, 0) is 12.8 Å². The van der Waals surface area contributed by atoms with Crippen molar-refractivity contribution < 1.29 is 14.7 Å². The number of carbonyl (C=O) groups is 1. The Bertz CT molecular complexity index is 300. The van der Waals surface area contributed by atoms with Crippen LogP contribution in [0.15, 0.2) is 4.99 Å². The van der Waals surface area contributed by atoms with Gasteiger partial charge in [0.2, 0.25) is 5.91 Å². The minimum Gasteiger partial charge on any atom is -0.393 e. The molecule has 0 spiro atoms. The summed E-state index contributed by atoms with van der Waals surface area (Å²) in [6.07, 6.45) is 3.45. The minimum atomic E-state index is -0.294. The van der Waals surface area contributed by atoms with Crippen LogP contribution in [0.1, 0.15) is 19.3 Å². The minimum absolute atomic E-state index is 0.0179. The summed E-state index contributed by atoms with van der Waals surface area (Å²) in [5.41, 5.74) is 2.78. The summed E-state index contributed by atoms with van der Waals surface area (Å²) in [4.78, 5) is 22.9. The molecule has 2 rings (SSSR count). The van der Waals surface area contributed by atoms with Gasteiger partial charge in [0.05, 0.1) is 19.3 Å². The Labute approximate surface area is 101 Å². The van der Waals surface area contributed by atoms with E-state index in [2.05, 4.69) is 10.5 Å². The number of hydroxylamine groups is 1. The van der Waals surface area contributed by atoms with E-state index < -0.39 is 0 Å². The second kappa shape index (κ2) is 5.57. The first-order chi connectivity index (χ1) is 8.20. The average molecular weight is 241 g/mol. The Morgan fingerprint density at radius 1 is 1.53 bits per heavy atom. The number of aliphatic hydroxyl groups excluding tert-OH is 1. The molecule has 2 aliphatic rings. The molecule has 0 aliphatic carbocycles. The molecule has 0 bridgehead atoms. The number of rotatable bonds is 3. The molecule has 96 valence electrons. The predicted molar refractivity (Wildman–Crippen MR) is 62.7 cm³/mol. The summed E-state index contributed by atoms with van der Waals surface area (Å²) in [6.45, 7) is 1.27. The van der Waals surface area contributed by atoms with Crippen LogP contribution < -0.4 is 5.48 Å². The van der Waals surface area contributed by atoms with Crippen molar-refractivity contribution in [3.8, 4) is 0 Å². The largest absolute Gasteiger partial charge is 0.393 e. The van der Waals surface area contributed by atoms with Crippen molar-refractivity contribution in [2.24, 2.45) is 4.99 Å². The molecule has 1 saturated heterocycles. The van der Waals surface area contributed by atoms with Crippen molar-refractivity contribution in [3.63, 3.8) is 0 Å². The Balaban J connectivity index is 1.83. The second-order valence-electron chi connectivity index (χ2n) is 4.53. The first kappa shape index (κ1) is 12.5. The fraction of sp³-hybridized carbons (Fsp3) is 0.818. The maximum atomic E-state index is 12.1. The number of aliphatic imine (C=N–C) groups is 1. The lowest BCUT2D eigenvalue weighted by Gasteiger charge is -2.31. The SMILES string of the molecule is CONC1C=NC(C(=O)N2CCC(O)CC2)C1. The Hall–Kier alpha value is -0.980. The van der Waals surface area contributed by atoms with Gasteiger partial charge in [-0.25, -0.2) is 0 Å². The topological polar surface area (TPSA) is 74.2 Å². The fourth-order valence-corrected chi connectivity index (χ4v) is 2.26. The lowest BCUT2D eigenvalue weighted by molar-refractivity contribution is -0.134. The average Bonchev–Trinajstić information content (AvgIpc) is 2.78. The van der Waals surface area contributed by atoms with E-state index in [1.165, 1.54) is 0 Å². The van der Waals surface area contributed by atoms with Crippen molar-refractivity contribution in [2.75, 3.05) is 20.2 Å². The van der Waals surface area contributed by atoms with Crippen molar-refractivity contribution >= 4 is 12.1 Å². The van der Waals surface area contributed by atoms with E-state index in [9.17, 15) is 9.90 Å². The zero-order chi connectivity index (χ0) is 12.3. The summed E-state index contributed by atoms with van der Waals surface area (Å²) in [6, 6.07) is -0.276. The number of amides is 1. The second-order valence-corrected chi connectivity index (χ2v) is 4.53. The van der Waals surface area contributed by atoms with E-state index in [4.69, 9.17) is 4.84 Å². The van der Waals surface area contributed by atoms with Gasteiger partial charge in [-0.15, -0.1) is 0 Å². The van der Waals surface area contributed by atoms with Gasteiger partial charge in [0.1, 0.15) is 6.04 Å². The number of likely N-dealkylation sites (tertiary alicyclic amines) is 1. The molecule has 6 heteroatoms. The van der Waals surface area contributed by atoms with Gasteiger partial charge in [-0.2, -0.15) is 5.48 Å². The van der Waals surface area contributed by atoms with Gasteiger partial charge < -0.3 is 14.8 Å². The molecule has 2 unspecified atom stereocenters. The number of hydrogen-bond acceptors (Lipinski definition) is 5. The van der Waals surface area contributed by atoms with Crippen LogP contribution in [-0.2, 0) is 9.63 Å². The van der Waals surface area contributed by atoms with Crippen LogP contribution in [0.3, 0.4) is 0 Å². The third-order valence-corrected chi connectivity index (χ3v) is 3.25. The van der Waals surface area contributed by atoms with E-state index in [1.54, 1.807) is 18.2 Å². The number of aliphatic hydroxyl groups is 1. The zero-order valence-electron chi connectivity index (χ0n) is 10.0. The number of piperidine rings is 1. The van der Waals surface area contributed by atoms with Gasteiger partial charge in [-0.3, -0.25) is 9.79 Å². The molecule has 2 atom stereocenters. The van der Waals surface area contributed by atoms with Gasteiger partial charge in [0.25, 0.3) is 0 Å².